The first kappa shape index (κ1) is 43.3. The van der Waals surface area contributed by atoms with Gasteiger partial charge >= 0.3 is 17.9 Å². The molecule has 4 rings (SSSR count). The van der Waals surface area contributed by atoms with Crippen molar-refractivity contribution in [1.29, 1.82) is 0 Å². The molecule has 0 aromatic rings. The van der Waals surface area contributed by atoms with Crippen LogP contribution in [0.3, 0.4) is 0 Å². The van der Waals surface area contributed by atoms with Crippen LogP contribution in [0.4, 0.5) is 0 Å². The molecule has 0 spiro atoms. The summed E-state index contributed by atoms with van der Waals surface area (Å²) in [5.74, 6) is -4.35. The first-order valence-electron chi connectivity index (χ1n) is 19.4. The summed E-state index contributed by atoms with van der Waals surface area (Å²) < 4.78 is 41.5. The van der Waals surface area contributed by atoms with Crippen LogP contribution in [0, 0.1) is 11.3 Å². The molecule has 14 nitrogen and oxygen atoms in total. The normalized spacial score (nSPS) is 36.9. The van der Waals surface area contributed by atoms with E-state index in [-0.39, 0.29) is 68.5 Å². The molecule has 4 N–H and O–H groups in total. The summed E-state index contributed by atoms with van der Waals surface area (Å²) in [6.07, 6.45) is 4.86. The number of cyclic esters (lactones) is 1. The molecule has 53 heavy (non-hydrogen) atoms. The van der Waals surface area contributed by atoms with E-state index in [9.17, 15) is 34.8 Å². The van der Waals surface area contributed by atoms with Crippen molar-refractivity contribution in [1.82, 2.24) is 0 Å². The summed E-state index contributed by atoms with van der Waals surface area (Å²) in [6.45, 7) is 5.27. The van der Waals surface area contributed by atoms with Gasteiger partial charge in [0.2, 0.25) is 5.79 Å². The van der Waals surface area contributed by atoms with Crippen LogP contribution in [-0.2, 0) is 47.5 Å². The highest BCUT2D eigenvalue weighted by Crippen LogP contribution is 2.47. The molecule has 4 aliphatic heterocycles. The molecular formula is C39H62O14. The molecule has 0 saturated carbocycles. The van der Waals surface area contributed by atoms with Gasteiger partial charge in [-0.2, -0.15) is 0 Å². The van der Waals surface area contributed by atoms with E-state index in [0.717, 1.165) is 25.7 Å². The van der Waals surface area contributed by atoms with Crippen LogP contribution < -0.4 is 0 Å². The lowest BCUT2D eigenvalue weighted by molar-refractivity contribution is -0.327. The van der Waals surface area contributed by atoms with Crippen LogP contribution in [0.1, 0.15) is 111 Å². The van der Waals surface area contributed by atoms with Crippen molar-refractivity contribution >= 4 is 17.9 Å². The maximum absolute atomic E-state index is 13.3. The molecule has 0 radical (unpaired) electrons. The predicted octanol–water partition coefficient (Wildman–Crippen LogP) is 3.54. The lowest BCUT2D eigenvalue weighted by Gasteiger charge is -2.51. The number of hydrogen-bond donors (Lipinski definition) is 4. The minimum atomic E-state index is -2.27. The summed E-state index contributed by atoms with van der Waals surface area (Å²) in [5.41, 5.74) is -1.09. The van der Waals surface area contributed by atoms with Crippen molar-refractivity contribution in [2.45, 2.75) is 165 Å². The second-order valence-corrected chi connectivity index (χ2v) is 15.5. The van der Waals surface area contributed by atoms with Crippen molar-refractivity contribution in [3.8, 4) is 0 Å². The van der Waals surface area contributed by atoms with E-state index in [0.29, 0.717) is 38.7 Å². The molecule has 0 aromatic heterocycles. The number of carbonyl (C=O) groups is 3. The Morgan fingerprint density at radius 2 is 1.68 bits per heavy atom. The van der Waals surface area contributed by atoms with E-state index in [1.807, 2.05) is 0 Å². The smallest absolute Gasteiger partial charge is 0.330 e. The summed E-state index contributed by atoms with van der Waals surface area (Å²) in [6, 6.07) is 0. The molecule has 3 saturated heterocycles. The second-order valence-electron chi connectivity index (χ2n) is 15.5. The van der Waals surface area contributed by atoms with Gasteiger partial charge in [0.15, 0.2) is 12.4 Å². The maximum atomic E-state index is 13.3. The number of aliphatic hydroxyl groups excluding tert-OH is 3. The van der Waals surface area contributed by atoms with E-state index >= 15 is 0 Å². The fourth-order valence-corrected chi connectivity index (χ4v) is 7.72. The van der Waals surface area contributed by atoms with Gasteiger partial charge in [-0.3, -0.25) is 9.59 Å². The first-order valence-corrected chi connectivity index (χ1v) is 19.4. The topological polar surface area (TPSA) is 197 Å². The van der Waals surface area contributed by atoms with Gasteiger partial charge in [-0.15, -0.1) is 0 Å². The van der Waals surface area contributed by atoms with Crippen molar-refractivity contribution in [2.24, 2.45) is 11.3 Å². The highest BCUT2D eigenvalue weighted by Gasteiger charge is 2.57. The Morgan fingerprint density at radius 3 is 2.38 bits per heavy atom. The average Bonchev–Trinajstić information content (AvgIpc) is 3.11. The molecule has 4 heterocycles. The van der Waals surface area contributed by atoms with Crippen LogP contribution in [0.5, 0.6) is 0 Å². The summed E-state index contributed by atoms with van der Waals surface area (Å²) >= 11 is 0. The summed E-state index contributed by atoms with van der Waals surface area (Å²) in [4.78, 5) is 39.0. The number of carbonyl (C=O) groups excluding carboxylic acids is 3. The van der Waals surface area contributed by atoms with Gasteiger partial charge < -0.3 is 53.6 Å². The molecule has 6 bridgehead atoms. The molecule has 0 unspecified atom stereocenters. The van der Waals surface area contributed by atoms with Gasteiger partial charge in [0.05, 0.1) is 57.3 Å². The summed E-state index contributed by atoms with van der Waals surface area (Å²) in [7, 11) is 1.21. The zero-order valence-corrected chi connectivity index (χ0v) is 31.8. The summed E-state index contributed by atoms with van der Waals surface area (Å²) in [5, 5.41) is 43.8. The number of unbranched alkanes of at least 4 members (excludes halogenated alkanes) is 4. The Labute approximate surface area is 313 Å². The largest absolute Gasteiger partial charge is 0.466 e. The number of esters is 3. The Bertz CT molecular complexity index is 1250. The fraction of sp³-hybridized carbons (Fsp3) is 0.821. The molecule has 14 heteroatoms. The molecule has 302 valence electrons. The van der Waals surface area contributed by atoms with Gasteiger partial charge in [-0.25, -0.2) is 4.79 Å². The molecule has 0 aliphatic carbocycles. The van der Waals surface area contributed by atoms with E-state index in [4.69, 9.17) is 33.2 Å². The highest BCUT2D eigenvalue weighted by molar-refractivity contribution is 5.83. The fourth-order valence-electron chi connectivity index (χ4n) is 7.72. The van der Waals surface area contributed by atoms with E-state index in [1.165, 1.54) is 13.2 Å². The molecule has 4 aliphatic rings. The standard InChI is InChI=1S/C39H62O14/c1-5-6-7-8-9-10-33(43)52-37-26(18-34(44)47-4)17-31-22-32(24-41)50-35(45)20-27(42)19-29-15-25(23-40)16-30(49-29)21-28-12-14-48-36(51-28)11-13-38(2,3)39(37,46)53-31/h11,13,18,25,27-32,36-37,40-42,46H,5-10,12,14-17,19-24H2,1-4H3/b13-11+,26-18+/t25-,27+,28-,29-,30+,31-,32+,36-,37-,39+/m0/s1. The third-order valence-electron chi connectivity index (χ3n) is 10.7. The molecule has 3 fully saturated rings. The Hall–Kier alpha value is -2.43. The third kappa shape index (κ3) is 12.5. The number of fused-ring (bicyclic) bond motifs is 6. The quantitative estimate of drug-likeness (QED) is 0.0831. The van der Waals surface area contributed by atoms with E-state index < -0.39 is 66.4 Å². The predicted molar refractivity (Wildman–Crippen MR) is 190 cm³/mol. The van der Waals surface area contributed by atoms with Crippen molar-refractivity contribution in [2.75, 3.05) is 26.9 Å². The number of rotatable bonds is 10. The maximum Gasteiger partial charge on any atom is 0.330 e. The van der Waals surface area contributed by atoms with E-state index in [1.54, 1.807) is 26.0 Å². The Morgan fingerprint density at radius 1 is 0.943 bits per heavy atom. The van der Waals surface area contributed by atoms with Crippen molar-refractivity contribution in [3.63, 3.8) is 0 Å². The lowest BCUT2D eigenvalue weighted by Crippen LogP contribution is -2.62. The zero-order valence-electron chi connectivity index (χ0n) is 31.8. The highest BCUT2D eigenvalue weighted by atomic mass is 16.7. The first-order chi connectivity index (χ1) is 25.3. The van der Waals surface area contributed by atoms with Crippen molar-refractivity contribution in [3.05, 3.63) is 23.8 Å². The van der Waals surface area contributed by atoms with Gasteiger partial charge in [0.25, 0.3) is 0 Å². The Balaban J connectivity index is 1.69. The number of hydrogen-bond acceptors (Lipinski definition) is 14. The van der Waals surface area contributed by atoms with Crippen molar-refractivity contribution < 1.29 is 68.0 Å². The van der Waals surface area contributed by atoms with Crippen LogP contribution in [0.25, 0.3) is 0 Å². The van der Waals surface area contributed by atoms with Gasteiger partial charge in [0.1, 0.15) is 6.10 Å². The minimum absolute atomic E-state index is 0.0228. The van der Waals surface area contributed by atoms with Gasteiger partial charge in [-0.1, -0.05) is 52.5 Å². The second kappa shape index (κ2) is 20.5. The molecule has 0 aromatic carbocycles. The van der Waals surface area contributed by atoms with Gasteiger partial charge in [-0.05, 0) is 49.7 Å². The average molecular weight is 755 g/mol. The van der Waals surface area contributed by atoms with E-state index in [2.05, 4.69) is 6.92 Å². The van der Waals surface area contributed by atoms with Crippen LogP contribution in [0.15, 0.2) is 23.8 Å². The monoisotopic (exact) mass is 754 g/mol. The molecular weight excluding hydrogens is 692 g/mol. The van der Waals surface area contributed by atoms with Crippen LogP contribution in [0.2, 0.25) is 0 Å². The lowest BCUT2D eigenvalue weighted by atomic mass is 9.74. The number of ether oxygens (including phenoxy) is 7. The van der Waals surface area contributed by atoms with Crippen LogP contribution in [-0.4, -0.2) is 120 Å². The SMILES string of the molecule is CCCCCCCC(=O)O[C@H]1/C(=C/C(=O)OC)C[C@H]2C[C@H](CO)OC(=O)C[C@H](O)C[C@@H]3C[C@H](CO)C[C@H](C[C@@H]4CCO[C@H](/C=C/C(C)(C)[C@]1(O)O2)O4)O3. The number of aliphatic hydroxyl groups is 4. The van der Waals surface area contributed by atoms with Crippen LogP contribution >= 0.6 is 0 Å². The third-order valence-corrected chi connectivity index (χ3v) is 10.7. The minimum Gasteiger partial charge on any atom is -0.466 e. The Kier molecular flexibility index (Phi) is 16.7. The van der Waals surface area contributed by atoms with Gasteiger partial charge in [0, 0.05) is 43.8 Å². The molecule has 0 amide bonds. The molecule has 10 atom stereocenters. The number of methoxy groups -OCH3 is 1. The zero-order chi connectivity index (χ0) is 38.6.